The van der Waals surface area contributed by atoms with Crippen molar-refractivity contribution in [2.75, 3.05) is 0 Å². The standard InChI is InChI=1S/2C14H22P.2ClH.2Pd/c2*1-13(2,3)15(14(4,5)6)12-10-8-7-9-11-12;;;;/h2*7-11H,1H2,2-6H3;2*1H;;/q2*-1;;;2*+2/p-2. The van der Waals surface area contributed by atoms with Crippen molar-refractivity contribution in [3.05, 3.63) is 74.5 Å². The molecule has 6 heteroatoms. The molecule has 0 fully saturated rings. The Morgan fingerprint density at radius 2 is 0.676 bits per heavy atom. The molecule has 0 aliphatic carbocycles. The van der Waals surface area contributed by atoms with Gasteiger partial charge in [-0.25, -0.2) is 0 Å². The minimum absolute atomic E-state index is 0. The fourth-order valence-electron chi connectivity index (χ4n) is 4.44. The van der Waals surface area contributed by atoms with Gasteiger partial charge in [0.15, 0.2) is 0 Å². The maximum Gasteiger partial charge on any atom is 2.00 e. The van der Waals surface area contributed by atoms with Crippen LogP contribution in [0.5, 0.6) is 0 Å². The minimum atomic E-state index is -0.249. The van der Waals surface area contributed by atoms with Gasteiger partial charge in [-0.3, -0.25) is 0 Å². The Kier molecular flexibility index (Phi) is 21.1. The summed E-state index contributed by atoms with van der Waals surface area (Å²) in [6.07, 6.45) is 0. The Bertz CT molecular complexity index is 662. The van der Waals surface area contributed by atoms with E-state index in [0.717, 1.165) is 0 Å². The first kappa shape index (κ1) is 42.3. The second-order valence-corrected chi connectivity index (χ2v) is 18.8. The van der Waals surface area contributed by atoms with Crippen molar-refractivity contribution in [3.63, 3.8) is 0 Å². The number of rotatable bonds is 4. The summed E-state index contributed by atoms with van der Waals surface area (Å²) >= 11 is 0. The van der Waals surface area contributed by atoms with E-state index in [1.165, 1.54) is 10.6 Å². The van der Waals surface area contributed by atoms with Crippen LogP contribution >= 0.6 is 15.8 Å². The molecule has 0 bridgehead atoms. The van der Waals surface area contributed by atoms with Gasteiger partial charge < -0.3 is 38.7 Å². The normalized spacial score (nSPS) is 13.3. The van der Waals surface area contributed by atoms with E-state index in [1.807, 2.05) is 0 Å². The van der Waals surface area contributed by atoms with E-state index < -0.39 is 0 Å². The SMILES string of the molecule is [CH2-]C(C)(C)P(c1ccccc1)C(C)(C)C.[CH2-]C(C)(C)P(c1ccccc1)C(C)(C)C.[Cl-].[Cl-].[Pd+2].[Pd+2]. The fourth-order valence-corrected chi connectivity index (χ4v) is 12.0. The average Bonchev–Trinajstić information content (AvgIpc) is 2.52. The molecule has 34 heavy (non-hydrogen) atoms. The zero-order valence-corrected chi connectivity index (χ0v) is 28.9. The van der Waals surface area contributed by atoms with E-state index in [2.05, 4.69) is 144 Å². The van der Waals surface area contributed by atoms with Gasteiger partial charge in [-0.05, 0) is 20.9 Å². The molecule has 0 spiro atoms. The minimum Gasteiger partial charge on any atom is -1.00 e. The predicted octanol–water partition coefficient (Wildman–Crippen LogP) is 2.41. The van der Waals surface area contributed by atoms with Crippen LogP contribution in [-0.2, 0) is 40.8 Å². The van der Waals surface area contributed by atoms with Gasteiger partial charge in [0.25, 0.3) is 0 Å². The van der Waals surface area contributed by atoms with Crippen molar-refractivity contribution in [3.8, 4) is 0 Å². The van der Waals surface area contributed by atoms with Gasteiger partial charge in [0, 0.05) is 0 Å². The second kappa shape index (κ2) is 16.9. The molecule has 0 aromatic heterocycles. The summed E-state index contributed by atoms with van der Waals surface area (Å²) in [6.45, 7) is 31.6. The molecule has 0 aliphatic heterocycles. The molecule has 2 aromatic rings. The van der Waals surface area contributed by atoms with Crippen molar-refractivity contribution < 1.29 is 65.7 Å². The number of halogens is 2. The summed E-state index contributed by atoms with van der Waals surface area (Å²) in [5.74, 6) is 0. The smallest absolute Gasteiger partial charge is 1.00 e. The van der Waals surface area contributed by atoms with Gasteiger partial charge in [0.1, 0.15) is 0 Å². The van der Waals surface area contributed by atoms with Crippen LogP contribution in [0.2, 0.25) is 0 Å². The van der Waals surface area contributed by atoms with Gasteiger partial charge in [0.2, 0.25) is 0 Å². The second-order valence-electron chi connectivity index (χ2n) is 11.3. The Labute approximate surface area is 254 Å². The van der Waals surface area contributed by atoms with Crippen molar-refractivity contribution in [1.82, 2.24) is 0 Å². The third-order valence-corrected chi connectivity index (χ3v) is 11.3. The van der Waals surface area contributed by atoms with Crippen LogP contribution in [0.1, 0.15) is 69.2 Å². The Balaban J connectivity index is -0.000000237. The summed E-state index contributed by atoms with van der Waals surface area (Å²) < 4.78 is 0. The van der Waals surface area contributed by atoms with Crippen LogP contribution < -0.4 is 35.4 Å². The molecular weight excluding hydrogens is 682 g/mol. The van der Waals surface area contributed by atoms with Gasteiger partial charge in [-0.1, -0.05) is 146 Å². The Morgan fingerprint density at radius 1 is 0.471 bits per heavy atom. The molecule has 0 heterocycles. The molecule has 0 radical (unpaired) electrons. The maximum atomic E-state index is 4.34. The van der Waals surface area contributed by atoms with Crippen LogP contribution in [0.25, 0.3) is 0 Å². The zero-order chi connectivity index (χ0) is 23.4. The Hall–Kier alpha value is 1.20. The number of benzene rings is 2. The molecule has 200 valence electrons. The van der Waals surface area contributed by atoms with E-state index >= 15 is 0 Å². The van der Waals surface area contributed by atoms with Crippen LogP contribution in [0.3, 0.4) is 0 Å². The molecule has 0 saturated heterocycles. The zero-order valence-electron chi connectivity index (χ0n) is 22.5. The topological polar surface area (TPSA) is 0 Å². The van der Waals surface area contributed by atoms with Gasteiger partial charge in [-0.15, -0.1) is 10.3 Å². The van der Waals surface area contributed by atoms with Crippen molar-refractivity contribution in [1.29, 1.82) is 0 Å². The van der Waals surface area contributed by atoms with Crippen LogP contribution in [-0.4, -0.2) is 20.6 Å². The van der Waals surface area contributed by atoms with Crippen molar-refractivity contribution in [2.45, 2.75) is 89.9 Å². The summed E-state index contributed by atoms with van der Waals surface area (Å²) in [5.41, 5.74) is 0. The summed E-state index contributed by atoms with van der Waals surface area (Å²) in [7, 11) is -0.498. The van der Waals surface area contributed by atoms with E-state index in [-0.39, 0.29) is 91.8 Å². The van der Waals surface area contributed by atoms with Crippen LogP contribution in [0.4, 0.5) is 0 Å². The summed E-state index contributed by atoms with van der Waals surface area (Å²) in [6, 6.07) is 21.6. The van der Waals surface area contributed by atoms with E-state index in [9.17, 15) is 0 Å². The molecular formula is C28H44Cl2P2Pd2. The first-order valence-corrected chi connectivity index (χ1v) is 13.6. The van der Waals surface area contributed by atoms with Crippen LogP contribution in [0.15, 0.2) is 60.7 Å². The summed E-state index contributed by atoms with van der Waals surface area (Å²) in [4.78, 5) is 0. The van der Waals surface area contributed by atoms with Gasteiger partial charge in [-0.2, -0.15) is 0 Å². The van der Waals surface area contributed by atoms with E-state index in [4.69, 9.17) is 0 Å². The largest absolute Gasteiger partial charge is 2.00 e. The molecule has 2 unspecified atom stereocenters. The van der Waals surface area contributed by atoms with Gasteiger partial charge >= 0.3 is 40.8 Å². The summed E-state index contributed by atoms with van der Waals surface area (Å²) in [5, 5.41) is 3.77. The number of hydrogen-bond acceptors (Lipinski definition) is 0. The molecule has 2 rings (SSSR count). The predicted molar refractivity (Wildman–Crippen MR) is 144 cm³/mol. The molecule has 2 atom stereocenters. The molecule has 0 N–H and O–H groups in total. The van der Waals surface area contributed by atoms with Crippen LogP contribution in [0, 0.1) is 13.8 Å². The molecule has 0 nitrogen and oxygen atoms in total. The quantitative estimate of drug-likeness (QED) is 0.259. The first-order valence-electron chi connectivity index (χ1n) is 10.9. The van der Waals surface area contributed by atoms with Crippen molar-refractivity contribution >= 4 is 26.5 Å². The average molecular weight is 726 g/mol. The first-order chi connectivity index (χ1) is 13.5. The third kappa shape index (κ3) is 14.2. The monoisotopic (exact) mass is 724 g/mol. The Morgan fingerprint density at radius 3 is 0.824 bits per heavy atom. The molecule has 0 aliphatic rings. The number of hydrogen-bond donors (Lipinski definition) is 0. The van der Waals surface area contributed by atoms with E-state index in [0.29, 0.717) is 10.3 Å². The molecule has 0 amide bonds. The van der Waals surface area contributed by atoms with Gasteiger partial charge in [0.05, 0.1) is 0 Å². The maximum absolute atomic E-state index is 4.34. The molecule has 0 saturated carbocycles. The van der Waals surface area contributed by atoms with E-state index in [1.54, 1.807) is 0 Å². The van der Waals surface area contributed by atoms with Crippen molar-refractivity contribution in [2.24, 2.45) is 0 Å². The third-order valence-electron chi connectivity index (χ3n) is 4.58. The fraction of sp³-hybridized carbons (Fsp3) is 0.500. The molecule has 2 aromatic carbocycles.